The van der Waals surface area contributed by atoms with Crippen molar-refractivity contribution < 1.29 is 92.8 Å². The molecule has 23 heteroatoms. The summed E-state index contributed by atoms with van der Waals surface area (Å²) in [4.78, 5) is 26.8. The summed E-state index contributed by atoms with van der Waals surface area (Å²) in [5, 5.41) is 40.5. The quantitative estimate of drug-likeness (QED) is 0.105. The molecule has 4 fully saturated rings. The zero-order valence-electron chi connectivity index (χ0n) is 42.4. The molecule has 14 nitrogen and oxygen atoms in total. The monoisotopic (exact) mass is 1050 g/mol. The first-order chi connectivity index (χ1) is 33.2. The van der Waals surface area contributed by atoms with E-state index in [9.17, 15) is 64.4 Å². The maximum absolute atomic E-state index is 14.7. The van der Waals surface area contributed by atoms with Gasteiger partial charge in [0.2, 0.25) is 0 Å². The highest BCUT2D eigenvalue weighted by atomic mass is 19.4. The Hall–Kier alpha value is -2.93. The number of alkyl halides is 9. The molecule has 1 aromatic heterocycles. The van der Waals surface area contributed by atoms with E-state index in [1.165, 1.54) is 0 Å². The van der Waals surface area contributed by atoms with Crippen molar-refractivity contribution in [1.29, 1.82) is 0 Å². The van der Waals surface area contributed by atoms with Gasteiger partial charge in [-0.2, -0.15) is 39.5 Å². The maximum atomic E-state index is 14.7. The van der Waals surface area contributed by atoms with Crippen LogP contribution < -0.4 is 0 Å². The van der Waals surface area contributed by atoms with E-state index in [-0.39, 0.29) is 36.9 Å². The van der Waals surface area contributed by atoms with E-state index in [1.54, 1.807) is 46.8 Å². The number of carboxylic acid groups (broad SMARTS) is 1. The summed E-state index contributed by atoms with van der Waals surface area (Å²) < 4.78 is 163. The van der Waals surface area contributed by atoms with Crippen LogP contribution in [-0.4, -0.2) is 126 Å². The van der Waals surface area contributed by atoms with Gasteiger partial charge >= 0.3 is 30.1 Å². The number of carboxylic acids is 1. The number of aliphatic hydroxyl groups excluding tert-OH is 1. The average molecular weight is 1050 g/mol. The number of ketones is 1. The molecule has 0 radical (unpaired) electrons. The van der Waals surface area contributed by atoms with Crippen molar-refractivity contribution in [3.63, 3.8) is 0 Å². The highest BCUT2D eigenvalue weighted by Gasteiger charge is 2.85. The van der Waals surface area contributed by atoms with Gasteiger partial charge in [-0.3, -0.25) is 9.59 Å². The Kier molecular flexibility index (Phi) is 16.9. The van der Waals surface area contributed by atoms with Crippen molar-refractivity contribution in [3.05, 3.63) is 24.0 Å². The first-order valence-corrected chi connectivity index (χ1v) is 25.2. The van der Waals surface area contributed by atoms with E-state index in [1.807, 2.05) is 34.6 Å². The highest BCUT2D eigenvalue weighted by molar-refractivity contribution is 5.84. The van der Waals surface area contributed by atoms with Gasteiger partial charge in [-0.15, -0.1) is 5.10 Å². The molecule has 0 aromatic carbocycles. The van der Waals surface area contributed by atoms with Crippen LogP contribution in [0.2, 0.25) is 0 Å². The number of ether oxygens (including phenoxy) is 6. The third-order valence-corrected chi connectivity index (χ3v) is 16.9. The fourth-order valence-electron chi connectivity index (χ4n) is 12.2. The van der Waals surface area contributed by atoms with E-state index in [0.29, 0.717) is 44.9 Å². The number of hydrogen-bond acceptors (Lipinski definition) is 12. The van der Waals surface area contributed by atoms with Gasteiger partial charge in [-0.1, -0.05) is 66.7 Å². The van der Waals surface area contributed by atoms with E-state index < -0.39 is 137 Å². The molecule has 72 heavy (non-hydrogen) atoms. The third kappa shape index (κ3) is 10.5. The number of aromatic nitrogens is 3. The fourth-order valence-corrected chi connectivity index (χ4v) is 12.2. The van der Waals surface area contributed by atoms with Crippen LogP contribution in [0, 0.1) is 41.4 Å². The second-order valence-electron chi connectivity index (χ2n) is 21.6. The van der Waals surface area contributed by atoms with Crippen molar-refractivity contribution in [1.82, 2.24) is 15.0 Å². The van der Waals surface area contributed by atoms with Crippen molar-refractivity contribution >= 4 is 11.8 Å². The molecule has 1 aromatic rings. The summed E-state index contributed by atoms with van der Waals surface area (Å²) in [6.07, 6.45) is -17.6. The number of halogens is 9. The Bertz CT molecular complexity index is 2060. The van der Waals surface area contributed by atoms with Gasteiger partial charge in [0.15, 0.2) is 11.6 Å². The van der Waals surface area contributed by atoms with E-state index in [2.05, 4.69) is 15.0 Å². The summed E-state index contributed by atoms with van der Waals surface area (Å²) in [5.41, 5.74) is -9.64. The molecular weight excluding hydrogens is 978 g/mol. The number of carbonyl (C=O) groups is 2. The van der Waals surface area contributed by atoms with Gasteiger partial charge in [0.05, 0.1) is 66.5 Å². The molecule has 0 bridgehead atoms. The van der Waals surface area contributed by atoms with E-state index >= 15 is 0 Å². The first-order valence-electron chi connectivity index (χ1n) is 25.2. The zero-order valence-corrected chi connectivity index (χ0v) is 42.4. The van der Waals surface area contributed by atoms with Crippen LogP contribution in [0.4, 0.5) is 39.5 Å². The second-order valence-corrected chi connectivity index (χ2v) is 21.6. The van der Waals surface area contributed by atoms with Gasteiger partial charge in [0, 0.05) is 30.1 Å². The Morgan fingerprint density at radius 3 is 2.04 bits per heavy atom. The minimum Gasteiger partial charge on any atom is -0.481 e. The number of Topliss-reactive ketones (excluding diaryl/α,β-unsaturated/α-hetero) is 1. The number of nitrogens with zero attached hydrogens (tertiary/aromatic N) is 3. The number of rotatable bonds is 16. The SMILES string of the molecule is CC[C@@H](C(=O)[C@@H](C)[C@@H](O)[C@@H](C)[C@@H]1O[C@@H]([C@@H](CC)C(=O)O)CC[C@@H]1C)[C@H]1O[C@@]2(C=C[C@H](n3cc(COC(C(F)(F)F)(C(F)(F)F)C(F)(F)F)nn3)[C@]3(CC[C@@](C)([C@H]4CC[C@](O)(CC)[C@H](C)O4)O3)O2)[C@H](C)C[C@@H]1C. The molecule has 6 heterocycles. The lowest BCUT2D eigenvalue weighted by Crippen LogP contribution is -2.67. The summed E-state index contributed by atoms with van der Waals surface area (Å²) in [6, 6.07) is -1.22. The third-order valence-electron chi connectivity index (χ3n) is 16.9. The largest absolute Gasteiger partial charge is 0.481 e. The lowest BCUT2D eigenvalue weighted by atomic mass is 9.72. The van der Waals surface area contributed by atoms with Crippen LogP contribution in [0.25, 0.3) is 0 Å². The first kappa shape index (κ1) is 58.3. The summed E-state index contributed by atoms with van der Waals surface area (Å²) in [7, 11) is 0. The predicted molar refractivity (Wildman–Crippen MR) is 237 cm³/mol. The molecular formula is C49H72F9N3O11. The van der Waals surface area contributed by atoms with Gasteiger partial charge in [0.1, 0.15) is 17.5 Å². The normalized spacial score (nSPS) is 38.2. The number of hydrogen-bond donors (Lipinski definition) is 3. The van der Waals surface area contributed by atoms with Gasteiger partial charge in [-0.05, 0) is 89.5 Å². The molecule has 0 amide bonds. The molecule has 0 aliphatic carbocycles. The lowest BCUT2D eigenvalue weighted by Gasteiger charge is -2.55. The molecule has 0 saturated carbocycles. The minimum absolute atomic E-state index is 0.0294. The molecule has 5 aliphatic heterocycles. The van der Waals surface area contributed by atoms with E-state index in [0.717, 1.165) is 10.9 Å². The summed E-state index contributed by atoms with van der Waals surface area (Å²) in [6.45, 7) is 16.2. The molecule has 5 aliphatic rings. The Labute approximate surface area is 414 Å². The molecule has 2 spiro atoms. The molecule has 412 valence electrons. The molecule has 4 saturated heterocycles. The minimum atomic E-state index is -6.97. The van der Waals surface area contributed by atoms with Crippen LogP contribution in [0.3, 0.4) is 0 Å². The van der Waals surface area contributed by atoms with Crippen LogP contribution >= 0.6 is 0 Å². The zero-order chi connectivity index (χ0) is 53.9. The Morgan fingerprint density at radius 2 is 1.49 bits per heavy atom. The Morgan fingerprint density at radius 1 is 0.861 bits per heavy atom. The predicted octanol–water partition coefficient (Wildman–Crippen LogP) is 9.60. The topological polar surface area (TPSA) is 181 Å². The van der Waals surface area contributed by atoms with Gasteiger partial charge < -0.3 is 43.7 Å². The summed E-state index contributed by atoms with van der Waals surface area (Å²) >= 11 is 0. The molecule has 3 N–H and O–H groups in total. The maximum Gasteiger partial charge on any atom is 0.435 e. The van der Waals surface area contributed by atoms with Crippen molar-refractivity contribution in [3.8, 4) is 0 Å². The summed E-state index contributed by atoms with van der Waals surface area (Å²) in [5.74, 6) is -8.47. The second kappa shape index (κ2) is 20.9. The standard InChI is InChI=1S/C49H72F9N3O11/c1-11-32(41(64)65)34-15-14-25(4)39(69-34)29(8)37(62)28(7)38(63)33(12-2)40-26(5)22-27(6)44(70-40)19-16-35(45(72-44)21-20-42(10,71-45)36-17-18-43(66,13-3)30(9)68-36)61-23-31(59-60-61)24-67-46(47(50,51)52,48(53,54)55)49(56,57)58/h16,19,23,25-30,32-37,39-40,62,66H,11-15,17-18,20-22,24H2,1-10H3,(H,64,65)/t25-,26-,27+,28-,29+,30-,32+,33-,34+,35-,36+,37+,39+,40-,42-,43+,44+,45-/m0/s1. The van der Waals surface area contributed by atoms with Gasteiger partial charge in [0.25, 0.3) is 0 Å². The molecule has 0 unspecified atom stereocenters. The van der Waals surface area contributed by atoms with Gasteiger partial charge in [-0.25, -0.2) is 4.68 Å². The number of carbonyl (C=O) groups excluding carboxylic acids is 1. The number of aliphatic carboxylic acids is 1. The smallest absolute Gasteiger partial charge is 0.435 e. The van der Waals surface area contributed by atoms with Crippen LogP contribution in [0.5, 0.6) is 0 Å². The average Bonchev–Trinajstić information content (AvgIpc) is 3.89. The molecule has 6 rings (SSSR count). The molecule has 18 atom stereocenters. The van der Waals surface area contributed by atoms with Crippen LogP contribution in [0.15, 0.2) is 18.3 Å². The van der Waals surface area contributed by atoms with Crippen LogP contribution in [0.1, 0.15) is 145 Å². The van der Waals surface area contributed by atoms with Crippen LogP contribution in [-0.2, 0) is 44.6 Å². The van der Waals surface area contributed by atoms with Crippen molar-refractivity contribution in [2.75, 3.05) is 0 Å². The fraction of sp³-hybridized carbons (Fsp3) is 0.878. The lowest BCUT2D eigenvalue weighted by molar-refractivity contribution is -0.460. The number of aliphatic hydroxyl groups is 2. The highest BCUT2D eigenvalue weighted by Crippen LogP contribution is 2.58. The van der Waals surface area contributed by atoms with E-state index in [4.69, 9.17) is 23.7 Å². The Balaban J connectivity index is 1.31. The van der Waals surface area contributed by atoms with Crippen molar-refractivity contribution in [2.24, 2.45) is 41.4 Å². The van der Waals surface area contributed by atoms with Crippen molar-refractivity contribution in [2.45, 2.75) is 230 Å².